The second-order valence-corrected chi connectivity index (χ2v) is 5.09. The van der Waals surface area contributed by atoms with Crippen LogP contribution in [0.4, 0.5) is 0 Å². The Kier molecular flexibility index (Phi) is 3.69. The van der Waals surface area contributed by atoms with Gasteiger partial charge in [-0.2, -0.15) is 0 Å². The number of phenolic OH excluding ortho intramolecular Hbond substituents is 2. The van der Waals surface area contributed by atoms with E-state index in [1.807, 2.05) is 0 Å². The van der Waals surface area contributed by atoms with E-state index >= 15 is 0 Å². The Bertz CT molecular complexity index is 971. The number of aromatic hydroxyl groups is 3. The third-order valence-corrected chi connectivity index (χ3v) is 3.58. The lowest BCUT2D eigenvalue weighted by Gasteiger charge is -2.11. The molecular weight excluding hydrogens is 316 g/mol. The van der Waals surface area contributed by atoms with Crippen LogP contribution in [0.1, 0.15) is 5.56 Å². The average molecular weight is 330 g/mol. The van der Waals surface area contributed by atoms with Crippen LogP contribution in [-0.2, 0) is 0 Å². The average Bonchev–Trinajstić information content (AvgIpc) is 2.57. The first-order valence-corrected chi connectivity index (χ1v) is 6.95. The van der Waals surface area contributed by atoms with E-state index < -0.39 is 17.1 Å². The topological polar surface area (TPSA) is 109 Å². The minimum absolute atomic E-state index is 0.00604. The number of hydrogen-bond donors (Lipinski definition) is 3. The van der Waals surface area contributed by atoms with E-state index in [2.05, 4.69) is 0 Å². The van der Waals surface area contributed by atoms with E-state index in [1.165, 1.54) is 37.4 Å². The van der Waals surface area contributed by atoms with Gasteiger partial charge in [0.2, 0.25) is 11.2 Å². The molecule has 0 bridgehead atoms. The highest BCUT2D eigenvalue weighted by Gasteiger charge is 2.21. The largest absolute Gasteiger partial charge is 0.508 e. The molecule has 0 radical (unpaired) electrons. The first-order chi connectivity index (χ1) is 11.4. The van der Waals surface area contributed by atoms with Crippen molar-refractivity contribution in [1.82, 2.24) is 0 Å². The lowest BCUT2D eigenvalue weighted by molar-refractivity contribution is 0.314. The van der Waals surface area contributed by atoms with E-state index in [4.69, 9.17) is 13.9 Å². The summed E-state index contributed by atoms with van der Waals surface area (Å²) in [6.45, 7) is 1.57. The molecule has 1 heterocycles. The van der Waals surface area contributed by atoms with E-state index in [0.29, 0.717) is 11.3 Å². The number of ether oxygens (including phenoxy) is 2. The van der Waals surface area contributed by atoms with Crippen molar-refractivity contribution in [3.63, 3.8) is 0 Å². The smallest absolute Gasteiger partial charge is 0.338 e. The van der Waals surface area contributed by atoms with Gasteiger partial charge in [-0.15, -0.1) is 0 Å². The van der Waals surface area contributed by atoms with Crippen molar-refractivity contribution in [1.29, 1.82) is 0 Å². The molecule has 3 aromatic rings. The van der Waals surface area contributed by atoms with Gasteiger partial charge in [0.05, 0.1) is 7.11 Å². The van der Waals surface area contributed by atoms with Crippen LogP contribution in [0.15, 0.2) is 39.5 Å². The molecule has 3 N–H and O–H groups in total. The van der Waals surface area contributed by atoms with E-state index in [-0.39, 0.29) is 28.2 Å². The fraction of sp³-hybridized carbons (Fsp3) is 0.118. The van der Waals surface area contributed by atoms with E-state index in [9.17, 15) is 20.1 Å². The molecule has 2 aromatic carbocycles. The molecule has 7 nitrogen and oxygen atoms in total. The third kappa shape index (κ3) is 2.45. The van der Waals surface area contributed by atoms with Gasteiger partial charge in [0, 0.05) is 11.6 Å². The summed E-state index contributed by atoms with van der Waals surface area (Å²) in [6.07, 6.45) is 0. The van der Waals surface area contributed by atoms with Crippen molar-refractivity contribution in [3.8, 4) is 34.7 Å². The molecule has 0 unspecified atom stereocenters. The summed E-state index contributed by atoms with van der Waals surface area (Å²) in [6, 6.07) is 7.06. The van der Waals surface area contributed by atoms with E-state index in [1.54, 1.807) is 6.92 Å². The summed E-state index contributed by atoms with van der Waals surface area (Å²) in [5.41, 5.74) is -0.469. The van der Waals surface area contributed by atoms with Gasteiger partial charge in [0.1, 0.15) is 34.0 Å². The highest BCUT2D eigenvalue weighted by atomic mass is 16.6. The van der Waals surface area contributed by atoms with Gasteiger partial charge in [-0.3, -0.25) is 4.79 Å². The molecule has 24 heavy (non-hydrogen) atoms. The molecule has 7 heteroatoms. The zero-order chi connectivity index (χ0) is 17.4. The summed E-state index contributed by atoms with van der Waals surface area (Å²) in [4.78, 5) is 12.3. The maximum absolute atomic E-state index is 12.3. The van der Waals surface area contributed by atoms with Crippen molar-refractivity contribution in [2.24, 2.45) is 0 Å². The molecule has 0 amide bonds. The van der Waals surface area contributed by atoms with E-state index in [0.717, 1.165) is 0 Å². The minimum Gasteiger partial charge on any atom is -0.508 e. The highest BCUT2D eigenvalue weighted by Crippen LogP contribution is 2.38. The Hall–Kier alpha value is -3.35. The Labute approximate surface area is 135 Å². The number of rotatable bonds is 3. The molecule has 3 rings (SSSR count). The normalized spacial score (nSPS) is 10.8. The number of benzene rings is 2. The Balaban J connectivity index is 2.19. The van der Waals surface area contributed by atoms with Gasteiger partial charge >= 0.3 is 5.95 Å². The fourth-order valence-corrected chi connectivity index (χ4v) is 2.28. The number of phenols is 2. The van der Waals surface area contributed by atoms with Gasteiger partial charge in [-0.05, 0) is 31.2 Å². The van der Waals surface area contributed by atoms with Crippen molar-refractivity contribution >= 4 is 11.0 Å². The van der Waals surface area contributed by atoms with Gasteiger partial charge < -0.3 is 29.2 Å². The summed E-state index contributed by atoms with van der Waals surface area (Å²) < 4.78 is 15.9. The van der Waals surface area contributed by atoms with Crippen molar-refractivity contribution in [2.45, 2.75) is 6.92 Å². The maximum Gasteiger partial charge on any atom is 0.338 e. The first kappa shape index (κ1) is 15.5. The lowest BCUT2D eigenvalue weighted by Crippen LogP contribution is -2.04. The SMILES string of the molecule is COc1cc2oc(Oc3ccc(O)cc3)c(O)c(=O)c2c(O)c1C. The number of hydrogen-bond acceptors (Lipinski definition) is 7. The quantitative estimate of drug-likeness (QED) is 0.677. The molecule has 0 spiro atoms. The molecule has 0 fully saturated rings. The van der Waals surface area contributed by atoms with Crippen LogP contribution in [0.5, 0.6) is 34.7 Å². The molecule has 0 saturated carbocycles. The number of fused-ring (bicyclic) bond motifs is 1. The summed E-state index contributed by atoms with van der Waals surface area (Å²) in [7, 11) is 1.42. The predicted molar refractivity (Wildman–Crippen MR) is 85.3 cm³/mol. The maximum atomic E-state index is 12.3. The zero-order valence-corrected chi connectivity index (χ0v) is 12.9. The van der Waals surface area contributed by atoms with Crippen molar-refractivity contribution in [3.05, 3.63) is 46.1 Å². The molecule has 0 aliphatic carbocycles. The summed E-state index contributed by atoms with van der Waals surface area (Å²) in [5, 5.41) is 29.3. The van der Waals surface area contributed by atoms with Gasteiger partial charge in [0.15, 0.2) is 0 Å². The fourth-order valence-electron chi connectivity index (χ4n) is 2.28. The molecule has 0 saturated heterocycles. The molecule has 0 aliphatic rings. The summed E-state index contributed by atoms with van der Waals surface area (Å²) in [5.74, 6) is -0.918. The molecule has 0 aliphatic heterocycles. The Morgan fingerprint density at radius 2 is 1.71 bits per heavy atom. The standard InChI is InChI=1S/C17H14O7/c1-8-11(22-2)7-12-13(14(8)19)15(20)16(21)17(24-12)23-10-5-3-9(18)4-6-10/h3-7,18-19,21H,1-2H3. The molecule has 0 atom stereocenters. The first-order valence-electron chi connectivity index (χ1n) is 6.95. The van der Waals surface area contributed by atoms with Crippen LogP contribution in [0.25, 0.3) is 11.0 Å². The monoisotopic (exact) mass is 330 g/mol. The van der Waals surface area contributed by atoms with Crippen LogP contribution in [0.3, 0.4) is 0 Å². The molecular formula is C17H14O7. The lowest BCUT2D eigenvalue weighted by atomic mass is 10.1. The zero-order valence-electron chi connectivity index (χ0n) is 12.9. The van der Waals surface area contributed by atoms with Crippen LogP contribution in [-0.4, -0.2) is 22.4 Å². The Morgan fingerprint density at radius 3 is 2.33 bits per heavy atom. The summed E-state index contributed by atoms with van der Waals surface area (Å²) >= 11 is 0. The van der Waals surface area contributed by atoms with Gasteiger partial charge in [-0.1, -0.05) is 0 Å². The minimum atomic E-state index is -0.826. The predicted octanol–water partition coefficient (Wildman–Crippen LogP) is 3.02. The highest BCUT2D eigenvalue weighted by molar-refractivity contribution is 5.88. The van der Waals surface area contributed by atoms with Crippen molar-refractivity contribution in [2.75, 3.05) is 7.11 Å². The van der Waals surface area contributed by atoms with Gasteiger partial charge in [-0.25, -0.2) is 0 Å². The number of methoxy groups -OCH3 is 1. The second kappa shape index (κ2) is 5.69. The van der Waals surface area contributed by atoms with Crippen molar-refractivity contribution < 1.29 is 29.2 Å². The van der Waals surface area contributed by atoms with Crippen LogP contribution < -0.4 is 14.9 Å². The van der Waals surface area contributed by atoms with Crippen LogP contribution in [0, 0.1) is 6.92 Å². The molecule has 124 valence electrons. The third-order valence-electron chi connectivity index (χ3n) is 3.58. The second-order valence-electron chi connectivity index (χ2n) is 5.09. The van der Waals surface area contributed by atoms with Crippen LogP contribution in [0.2, 0.25) is 0 Å². The Morgan fingerprint density at radius 1 is 1.04 bits per heavy atom. The molecule has 1 aromatic heterocycles. The van der Waals surface area contributed by atoms with Gasteiger partial charge in [0.25, 0.3) is 0 Å². The van der Waals surface area contributed by atoms with Crippen LogP contribution >= 0.6 is 0 Å².